The van der Waals surface area contributed by atoms with Crippen LogP contribution in [0.4, 0.5) is 0 Å². The molecule has 4 nitrogen and oxygen atoms in total. The molecule has 1 fully saturated rings. The lowest BCUT2D eigenvalue weighted by Crippen LogP contribution is -2.46. The Kier molecular flexibility index (Phi) is 7.76. The number of aliphatic hydroxyl groups excluding tert-OH is 1. The van der Waals surface area contributed by atoms with Gasteiger partial charge in [-0.25, -0.2) is 0 Å². The Labute approximate surface area is 99.2 Å². The van der Waals surface area contributed by atoms with E-state index in [1.165, 1.54) is 32.5 Å². The van der Waals surface area contributed by atoms with Crippen molar-refractivity contribution in [3.8, 4) is 0 Å². The normalized spacial score (nSPS) is 19.1. The average molecular weight is 230 g/mol. The second kappa shape index (κ2) is 8.93. The molecule has 0 aromatic carbocycles. The Morgan fingerprint density at radius 2 is 1.50 bits per heavy atom. The van der Waals surface area contributed by atoms with Gasteiger partial charge in [0.25, 0.3) is 0 Å². The maximum absolute atomic E-state index is 8.77. The number of methoxy groups -OCH3 is 1. The maximum atomic E-state index is 8.77. The summed E-state index contributed by atoms with van der Waals surface area (Å²) >= 11 is 0. The maximum Gasteiger partial charge on any atom is 0.0462 e. The Balaban J connectivity index is 1.98. The molecular formula is C12H26N2O2. The molecule has 0 aliphatic carbocycles. The minimum Gasteiger partial charge on any atom is -0.396 e. The van der Waals surface area contributed by atoms with Crippen LogP contribution in [-0.4, -0.2) is 74.5 Å². The van der Waals surface area contributed by atoms with Gasteiger partial charge in [-0.15, -0.1) is 0 Å². The zero-order valence-electron chi connectivity index (χ0n) is 10.5. The molecule has 0 aromatic heterocycles. The van der Waals surface area contributed by atoms with Crippen molar-refractivity contribution >= 4 is 0 Å². The van der Waals surface area contributed by atoms with Gasteiger partial charge in [0, 0.05) is 53.0 Å². The molecule has 1 aliphatic heterocycles. The third-order valence-corrected chi connectivity index (χ3v) is 3.17. The first-order chi connectivity index (χ1) is 7.86. The fourth-order valence-corrected chi connectivity index (χ4v) is 2.11. The Morgan fingerprint density at radius 3 is 2.00 bits per heavy atom. The lowest BCUT2D eigenvalue weighted by molar-refractivity contribution is 0.119. The van der Waals surface area contributed by atoms with Crippen LogP contribution in [0.5, 0.6) is 0 Å². The van der Waals surface area contributed by atoms with Crippen LogP contribution in [0.15, 0.2) is 0 Å². The van der Waals surface area contributed by atoms with Crippen molar-refractivity contribution in [3.63, 3.8) is 0 Å². The summed E-state index contributed by atoms with van der Waals surface area (Å²) in [6.45, 7) is 8.13. The van der Waals surface area contributed by atoms with Gasteiger partial charge in [-0.3, -0.25) is 0 Å². The molecule has 1 rings (SSSR count). The third kappa shape index (κ3) is 5.80. The topological polar surface area (TPSA) is 35.9 Å². The van der Waals surface area contributed by atoms with Gasteiger partial charge in [0.05, 0.1) is 0 Å². The molecule has 0 bridgehead atoms. The molecule has 4 heteroatoms. The number of hydrogen-bond donors (Lipinski definition) is 1. The Morgan fingerprint density at radius 1 is 0.938 bits per heavy atom. The van der Waals surface area contributed by atoms with E-state index >= 15 is 0 Å². The van der Waals surface area contributed by atoms with Gasteiger partial charge in [0.1, 0.15) is 0 Å². The zero-order chi connectivity index (χ0) is 11.6. The summed E-state index contributed by atoms with van der Waals surface area (Å²) in [6.07, 6.45) is 3.32. The van der Waals surface area contributed by atoms with E-state index in [0.717, 1.165) is 32.7 Å². The lowest BCUT2D eigenvalue weighted by Gasteiger charge is -2.34. The van der Waals surface area contributed by atoms with Gasteiger partial charge in [-0.1, -0.05) is 0 Å². The van der Waals surface area contributed by atoms with Crippen LogP contribution in [-0.2, 0) is 4.74 Å². The monoisotopic (exact) mass is 230 g/mol. The van der Waals surface area contributed by atoms with Gasteiger partial charge < -0.3 is 19.6 Å². The van der Waals surface area contributed by atoms with E-state index < -0.39 is 0 Å². The summed E-state index contributed by atoms with van der Waals surface area (Å²) in [5.41, 5.74) is 0. The van der Waals surface area contributed by atoms with Gasteiger partial charge in [0.15, 0.2) is 0 Å². The number of piperazine rings is 1. The Hall–Kier alpha value is -0.160. The molecule has 0 saturated carbocycles. The summed E-state index contributed by atoms with van der Waals surface area (Å²) < 4.78 is 5.04. The second-order valence-electron chi connectivity index (χ2n) is 4.46. The van der Waals surface area contributed by atoms with E-state index in [-0.39, 0.29) is 0 Å². The number of rotatable bonds is 8. The van der Waals surface area contributed by atoms with Crippen LogP contribution in [0.3, 0.4) is 0 Å². The molecule has 0 aromatic rings. The van der Waals surface area contributed by atoms with Crippen LogP contribution in [0.1, 0.15) is 19.3 Å². The van der Waals surface area contributed by atoms with Crippen LogP contribution in [0, 0.1) is 0 Å². The minimum atomic E-state index is 0.317. The van der Waals surface area contributed by atoms with E-state index in [4.69, 9.17) is 9.84 Å². The fraction of sp³-hybridized carbons (Fsp3) is 1.00. The first-order valence-corrected chi connectivity index (χ1v) is 6.41. The predicted molar refractivity (Wildman–Crippen MR) is 65.7 cm³/mol. The van der Waals surface area contributed by atoms with Crippen LogP contribution in [0.25, 0.3) is 0 Å². The molecule has 1 saturated heterocycles. The van der Waals surface area contributed by atoms with Crippen molar-refractivity contribution in [2.75, 3.05) is 59.6 Å². The molecule has 96 valence electrons. The highest BCUT2D eigenvalue weighted by Gasteiger charge is 2.15. The highest BCUT2D eigenvalue weighted by atomic mass is 16.5. The van der Waals surface area contributed by atoms with Gasteiger partial charge in [-0.05, 0) is 25.8 Å². The number of ether oxygens (including phenoxy) is 1. The highest BCUT2D eigenvalue weighted by Crippen LogP contribution is 2.04. The second-order valence-corrected chi connectivity index (χ2v) is 4.46. The summed E-state index contributed by atoms with van der Waals surface area (Å²) in [5.74, 6) is 0. The molecule has 0 unspecified atom stereocenters. The smallest absolute Gasteiger partial charge is 0.0462 e. The number of unbranched alkanes of at least 4 members (excludes halogenated alkanes) is 1. The van der Waals surface area contributed by atoms with Crippen LogP contribution < -0.4 is 0 Å². The first kappa shape index (κ1) is 13.9. The van der Waals surface area contributed by atoms with E-state index in [0.29, 0.717) is 6.61 Å². The molecule has 0 amide bonds. The highest BCUT2D eigenvalue weighted by molar-refractivity contribution is 4.71. The minimum absolute atomic E-state index is 0.317. The van der Waals surface area contributed by atoms with E-state index in [2.05, 4.69) is 9.80 Å². The van der Waals surface area contributed by atoms with Crippen molar-refractivity contribution < 1.29 is 9.84 Å². The van der Waals surface area contributed by atoms with E-state index in [9.17, 15) is 0 Å². The van der Waals surface area contributed by atoms with E-state index in [1.807, 2.05) is 0 Å². The standard InChI is InChI=1S/C12H26N2O2/c1-16-12-3-2-5-13-7-9-14(10-8-13)6-4-11-15/h15H,2-12H2,1H3. The molecular weight excluding hydrogens is 204 g/mol. The summed E-state index contributed by atoms with van der Waals surface area (Å²) in [4.78, 5) is 4.98. The Bertz CT molecular complexity index is 159. The fourth-order valence-electron chi connectivity index (χ4n) is 2.11. The SMILES string of the molecule is COCCCCN1CCN(CCCO)CC1. The number of nitrogens with zero attached hydrogens (tertiary/aromatic N) is 2. The average Bonchev–Trinajstić information content (AvgIpc) is 2.33. The quantitative estimate of drug-likeness (QED) is 0.613. The van der Waals surface area contributed by atoms with Crippen molar-refractivity contribution in [1.82, 2.24) is 9.80 Å². The molecule has 0 atom stereocenters. The predicted octanol–water partition coefficient (Wildman–Crippen LogP) is 0.413. The third-order valence-electron chi connectivity index (χ3n) is 3.17. The van der Waals surface area contributed by atoms with E-state index in [1.54, 1.807) is 7.11 Å². The summed E-state index contributed by atoms with van der Waals surface area (Å²) in [6, 6.07) is 0. The van der Waals surface area contributed by atoms with Gasteiger partial charge in [0.2, 0.25) is 0 Å². The van der Waals surface area contributed by atoms with Crippen molar-refractivity contribution in [2.24, 2.45) is 0 Å². The van der Waals surface area contributed by atoms with Crippen molar-refractivity contribution in [3.05, 3.63) is 0 Å². The van der Waals surface area contributed by atoms with Crippen LogP contribution in [0.2, 0.25) is 0 Å². The van der Waals surface area contributed by atoms with Gasteiger partial charge in [-0.2, -0.15) is 0 Å². The summed E-state index contributed by atoms with van der Waals surface area (Å²) in [7, 11) is 1.76. The number of hydrogen-bond acceptors (Lipinski definition) is 4. The van der Waals surface area contributed by atoms with Gasteiger partial charge >= 0.3 is 0 Å². The van der Waals surface area contributed by atoms with Crippen molar-refractivity contribution in [1.29, 1.82) is 0 Å². The molecule has 0 radical (unpaired) electrons. The molecule has 1 aliphatic rings. The molecule has 0 spiro atoms. The first-order valence-electron chi connectivity index (χ1n) is 6.41. The zero-order valence-corrected chi connectivity index (χ0v) is 10.5. The molecule has 1 N–H and O–H groups in total. The summed E-state index contributed by atoms with van der Waals surface area (Å²) in [5, 5.41) is 8.77. The van der Waals surface area contributed by atoms with Crippen LogP contribution >= 0.6 is 0 Å². The number of aliphatic hydroxyl groups is 1. The lowest BCUT2D eigenvalue weighted by atomic mass is 10.2. The molecule has 1 heterocycles. The largest absolute Gasteiger partial charge is 0.396 e. The van der Waals surface area contributed by atoms with Crippen molar-refractivity contribution in [2.45, 2.75) is 19.3 Å². The molecule has 16 heavy (non-hydrogen) atoms.